The zero-order valence-electron chi connectivity index (χ0n) is 28.1. The van der Waals surface area contributed by atoms with E-state index in [1.165, 1.54) is 5.56 Å². The van der Waals surface area contributed by atoms with Crippen LogP contribution in [-0.4, -0.2) is 38.8 Å². The maximum Gasteiger partial charge on any atom is 0.184 e. The minimum atomic E-state index is -0.508. The second-order valence-electron chi connectivity index (χ2n) is 12.3. The lowest BCUT2D eigenvalue weighted by atomic mass is 9.86. The highest BCUT2D eigenvalue weighted by molar-refractivity contribution is 5.52. The molecule has 6 nitrogen and oxygen atoms in total. The molecule has 0 saturated carbocycles. The van der Waals surface area contributed by atoms with Gasteiger partial charge in [0.05, 0.1) is 20.3 Å². The molecule has 0 aliphatic carbocycles. The monoisotopic (exact) mass is 643 g/mol. The number of rotatable bonds is 14. The Bertz CT molecular complexity index is 1690. The van der Waals surface area contributed by atoms with Crippen molar-refractivity contribution in [3.8, 4) is 17.2 Å². The molecule has 0 unspecified atom stereocenters. The molecule has 6 heteroatoms. The Labute approximate surface area is 284 Å². The largest absolute Gasteiger partial charge is 0.493 e. The van der Waals surface area contributed by atoms with Gasteiger partial charge in [0.1, 0.15) is 19.0 Å². The first-order chi connectivity index (χ1) is 23.6. The minimum absolute atomic E-state index is 0.0365. The van der Waals surface area contributed by atoms with Gasteiger partial charge in [0.15, 0.2) is 17.8 Å². The Morgan fingerprint density at radius 1 is 0.688 bits per heavy atom. The van der Waals surface area contributed by atoms with Crippen LogP contribution in [0, 0.1) is 0 Å². The normalized spacial score (nSPS) is 14.8. The summed E-state index contributed by atoms with van der Waals surface area (Å²) >= 11 is 0. The van der Waals surface area contributed by atoms with Crippen LogP contribution in [0.3, 0.4) is 0 Å². The molecule has 0 spiro atoms. The van der Waals surface area contributed by atoms with Crippen LogP contribution in [0.15, 0.2) is 127 Å². The van der Waals surface area contributed by atoms with Gasteiger partial charge in [0.2, 0.25) is 0 Å². The molecular weight excluding hydrogens is 598 g/mol. The van der Waals surface area contributed by atoms with Crippen molar-refractivity contribution in [2.24, 2.45) is 0 Å². The SMILES string of the molecule is COc1cc([C@H](CN(C)[C@H](C)c2ccccc2)c2ccc(OCc3ccccc3)cc2)c(C2OCCCO2)cc1OCc1ccccc1. The maximum absolute atomic E-state index is 6.38. The number of methoxy groups -OCH3 is 1. The molecule has 48 heavy (non-hydrogen) atoms. The predicted molar refractivity (Wildman–Crippen MR) is 190 cm³/mol. The third kappa shape index (κ3) is 8.45. The summed E-state index contributed by atoms with van der Waals surface area (Å²) in [6.45, 7) is 5.21. The van der Waals surface area contributed by atoms with Gasteiger partial charge in [-0.2, -0.15) is 0 Å². The number of ether oxygens (including phenoxy) is 5. The fourth-order valence-corrected chi connectivity index (χ4v) is 6.12. The zero-order valence-corrected chi connectivity index (χ0v) is 28.1. The summed E-state index contributed by atoms with van der Waals surface area (Å²) in [5.41, 5.74) is 6.68. The van der Waals surface area contributed by atoms with Crippen LogP contribution in [0.1, 0.15) is 65.0 Å². The molecule has 1 aliphatic rings. The van der Waals surface area contributed by atoms with Crippen LogP contribution in [0.25, 0.3) is 0 Å². The van der Waals surface area contributed by atoms with Gasteiger partial charge >= 0.3 is 0 Å². The third-order valence-electron chi connectivity index (χ3n) is 9.01. The van der Waals surface area contributed by atoms with E-state index in [1.807, 2.05) is 36.4 Å². The minimum Gasteiger partial charge on any atom is -0.493 e. The number of nitrogens with zero attached hydrogens (tertiary/aromatic N) is 1. The molecule has 0 amide bonds. The molecule has 0 N–H and O–H groups in total. The van der Waals surface area contributed by atoms with Gasteiger partial charge in [0, 0.05) is 24.1 Å². The van der Waals surface area contributed by atoms with E-state index in [0.717, 1.165) is 46.5 Å². The molecule has 1 heterocycles. The highest BCUT2D eigenvalue weighted by Crippen LogP contribution is 2.42. The average Bonchev–Trinajstić information content (AvgIpc) is 3.16. The Morgan fingerprint density at radius 2 is 1.27 bits per heavy atom. The number of likely N-dealkylation sites (N-methyl/N-ethyl adjacent to an activating group) is 1. The van der Waals surface area contributed by atoms with Crippen molar-refractivity contribution in [2.45, 2.75) is 44.8 Å². The lowest BCUT2D eigenvalue weighted by molar-refractivity contribution is -0.183. The van der Waals surface area contributed by atoms with Gasteiger partial charge in [-0.3, -0.25) is 4.90 Å². The molecule has 0 radical (unpaired) electrons. The quantitative estimate of drug-likeness (QED) is 0.120. The van der Waals surface area contributed by atoms with Gasteiger partial charge in [-0.25, -0.2) is 0 Å². The smallest absolute Gasteiger partial charge is 0.184 e. The van der Waals surface area contributed by atoms with Gasteiger partial charge < -0.3 is 23.7 Å². The van der Waals surface area contributed by atoms with Crippen molar-refractivity contribution < 1.29 is 23.7 Å². The summed E-state index contributed by atoms with van der Waals surface area (Å²) < 4.78 is 31.0. The molecule has 1 aliphatic heterocycles. The van der Waals surface area contributed by atoms with E-state index >= 15 is 0 Å². The summed E-state index contributed by atoms with van der Waals surface area (Å²) in [6, 6.07) is 43.8. The number of hydrogen-bond donors (Lipinski definition) is 0. The van der Waals surface area contributed by atoms with Crippen LogP contribution >= 0.6 is 0 Å². The van der Waals surface area contributed by atoms with E-state index in [9.17, 15) is 0 Å². The fourth-order valence-electron chi connectivity index (χ4n) is 6.12. The lowest BCUT2D eigenvalue weighted by Gasteiger charge is -2.33. The first-order valence-electron chi connectivity index (χ1n) is 16.7. The highest BCUT2D eigenvalue weighted by atomic mass is 16.7. The lowest BCUT2D eigenvalue weighted by Crippen LogP contribution is -2.29. The van der Waals surface area contributed by atoms with E-state index < -0.39 is 6.29 Å². The van der Waals surface area contributed by atoms with Crippen molar-refractivity contribution in [1.82, 2.24) is 4.90 Å². The van der Waals surface area contributed by atoms with E-state index in [1.54, 1.807) is 7.11 Å². The molecular formula is C42H45NO5. The topological polar surface area (TPSA) is 49.4 Å². The first kappa shape index (κ1) is 33.3. The predicted octanol–water partition coefficient (Wildman–Crippen LogP) is 9.11. The molecule has 6 rings (SSSR count). The molecule has 2 atom stereocenters. The number of benzene rings is 5. The maximum atomic E-state index is 6.38. The molecule has 1 saturated heterocycles. The van der Waals surface area contributed by atoms with Crippen LogP contribution in [0.2, 0.25) is 0 Å². The average molecular weight is 644 g/mol. The van der Waals surface area contributed by atoms with E-state index in [-0.39, 0.29) is 12.0 Å². The summed E-state index contributed by atoms with van der Waals surface area (Å²) in [5, 5.41) is 0. The van der Waals surface area contributed by atoms with Gasteiger partial charge in [0.25, 0.3) is 0 Å². The first-order valence-corrected chi connectivity index (χ1v) is 16.7. The van der Waals surface area contributed by atoms with Crippen LogP contribution in [0.5, 0.6) is 17.2 Å². The van der Waals surface area contributed by atoms with E-state index in [4.69, 9.17) is 23.7 Å². The Balaban J connectivity index is 1.37. The molecule has 5 aromatic carbocycles. The van der Waals surface area contributed by atoms with E-state index in [0.29, 0.717) is 37.9 Å². The summed E-state index contributed by atoms with van der Waals surface area (Å²) in [4.78, 5) is 2.40. The summed E-state index contributed by atoms with van der Waals surface area (Å²) in [5.74, 6) is 2.12. The van der Waals surface area contributed by atoms with Crippen molar-refractivity contribution in [1.29, 1.82) is 0 Å². The van der Waals surface area contributed by atoms with E-state index in [2.05, 4.69) is 110 Å². The highest BCUT2D eigenvalue weighted by Gasteiger charge is 2.29. The van der Waals surface area contributed by atoms with Crippen molar-refractivity contribution in [2.75, 3.05) is 33.9 Å². The second kappa shape index (κ2) is 16.5. The fraction of sp³-hybridized carbons (Fsp3) is 0.286. The third-order valence-corrected chi connectivity index (χ3v) is 9.01. The molecule has 5 aromatic rings. The van der Waals surface area contributed by atoms with Crippen LogP contribution in [0.4, 0.5) is 0 Å². The zero-order chi connectivity index (χ0) is 33.1. The summed E-state index contributed by atoms with van der Waals surface area (Å²) in [7, 11) is 3.88. The van der Waals surface area contributed by atoms with Gasteiger partial charge in [-0.15, -0.1) is 0 Å². The Morgan fingerprint density at radius 3 is 1.88 bits per heavy atom. The molecule has 0 aromatic heterocycles. The van der Waals surface area contributed by atoms with Crippen LogP contribution in [-0.2, 0) is 22.7 Å². The van der Waals surface area contributed by atoms with Crippen molar-refractivity contribution in [3.05, 3.63) is 161 Å². The van der Waals surface area contributed by atoms with Crippen molar-refractivity contribution in [3.63, 3.8) is 0 Å². The van der Waals surface area contributed by atoms with Gasteiger partial charge in [-0.05, 0) is 72.5 Å². The molecule has 248 valence electrons. The van der Waals surface area contributed by atoms with Gasteiger partial charge in [-0.1, -0.05) is 103 Å². The number of hydrogen-bond acceptors (Lipinski definition) is 6. The Kier molecular flexibility index (Phi) is 11.4. The molecule has 1 fully saturated rings. The van der Waals surface area contributed by atoms with Crippen molar-refractivity contribution >= 4 is 0 Å². The summed E-state index contributed by atoms with van der Waals surface area (Å²) in [6.07, 6.45) is 0.358. The second-order valence-corrected chi connectivity index (χ2v) is 12.3. The standard InChI is InChI=1S/C42H45NO5/c1-31(34-18-11-6-12-19-34)43(2)28-39(35-20-22-36(23-21-35)47-29-32-14-7-4-8-15-32)37-26-40(44-3)41(48-30-33-16-9-5-10-17-33)27-38(37)42-45-24-13-25-46-42/h4-12,14-23,26-27,31,39,42H,13,24-25,28-30H2,1-3H3/t31-,39-/m1/s1. The Hall–Kier alpha value is -4.62. The van der Waals surface area contributed by atoms with Crippen LogP contribution < -0.4 is 14.2 Å². The molecule has 0 bridgehead atoms.